The number of nitrogens with zero attached hydrogens (tertiary/aromatic N) is 1. The average molecular weight is 243 g/mol. The number of H-pyrrole nitrogens is 1. The third-order valence-corrected chi connectivity index (χ3v) is 3.17. The van der Waals surface area contributed by atoms with Gasteiger partial charge in [0.05, 0.1) is 0 Å². The Morgan fingerprint density at radius 1 is 1.12 bits per heavy atom. The van der Waals surface area contributed by atoms with Gasteiger partial charge in [0.25, 0.3) is 0 Å². The largest absolute Gasteiger partial charge is 0.346 e. The van der Waals surface area contributed by atoms with E-state index in [1.807, 2.05) is 36.7 Å². The molecular weight excluding hydrogens is 232 g/mol. The van der Waals surface area contributed by atoms with Crippen LogP contribution in [0.15, 0.2) is 42.7 Å². The molecule has 0 spiro atoms. The lowest BCUT2D eigenvalue weighted by molar-refractivity contribution is 1.32. The molecule has 1 aromatic carbocycles. The zero-order valence-corrected chi connectivity index (χ0v) is 10.1. The van der Waals surface area contributed by atoms with Crippen LogP contribution in [0.2, 0.25) is 5.02 Å². The number of aromatic nitrogens is 2. The predicted molar refractivity (Wildman–Crippen MR) is 71.3 cm³/mol. The minimum absolute atomic E-state index is 0.751. The molecule has 3 rings (SSSR count). The smallest absolute Gasteiger partial charge is 0.137 e. The second kappa shape index (κ2) is 3.90. The fourth-order valence-corrected chi connectivity index (χ4v) is 2.06. The Labute approximate surface area is 104 Å². The third kappa shape index (κ3) is 1.81. The molecule has 3 aromatic rings. The van der Waals surface area contributed by atoms with Gasteiger partial charge < -0.3 is 4.98 Å². The minimum Gasteiger partial charge on any atom is -0.346 e. The van der Waals surface area contributed by atoms with Gasteiger partial charge in [-0.15, -0.1) is 0 Å². The lowest BCUT2D eigenvalue weighted by Crippen LogP contribution is -1.82. The maximum Gasteiger partial charge on any atom is 0.137 e. The van der Waals surface area contributed by atoms with Gasteiger partial charge in [-0.05, 0) is 36.2 Å². The first kappa shape index (κ1) is 10.4. The number of fused-ring (bicyclic) bond motifs is 1. The van der Waals surface area contributed by atoms with Crippen molar-refractivity contribution < 1.29 is 0 Å². The Hall–Kier alpha value is -1.80. The molecule has 0 saturated carbocycles. The van der Waals surface area contributed by atoms with E-state index < -0.39 is 0 Å². The van der Waals surface area contributed by atoms with Crippen LogP contribution in [0.1, 0.15) is 5.56 Å². The van der Waals surface area contributed by atoms with Gasteiger partial charge >= 0.3 is 0 Å². The molecule has 0 fully saturated rings. The number of hydrogen-bond donors (Lipinski definition) is 1. The van der Waals surface area contributed by atoms with Gasteiger partial charge in [0, 0.05) is 28.4 Å². The normalized spacial score (nSPS) is 10.9. The number of rotatable bonds is 1. The first-order valence-corrected chi connectivity index (χ1v) is 5.81. The molecule has 0 radical (unpaired) electrons. The fraction of sp³-hybridized carbons (Fsp3) is 0.0714. The van der Waals surface area contributed by atoms with E-state index >= 15 is 0 Å². The van der Waals surface area contributed by atoms with Gasteiger partial charge in [-0.25, -0.2) is 4.98 Å². The highest BCUT2D eigenvalue weighted by molar-refractivity contribution is 6.30. The van der Waals surface area contributed by atoms with Gasteiger partial charge in [0.15, 0.2) is 0 Å². The lowest BCUT2D eigenvalue weighted by Gasteiger charge is -2.02. The molecule has 2 nitrogen and oxygen atoms in total. The van der Waals surface area contributed by atoms with Crippen molar-refractivity contribution in [3.63, 3.8) is 0 Å². The maximum absolute atomic E-state index is 5.88. The summed E-state index contributed by atoms with van der Waals surface area (Å²) < 4.78 is 0. The van der Waals surface area contributed by atoms with Crippen LogP contribution in [0.25, 0.3) is 22.2 Å². The number of aryl methyl sites for hydroxylation is 1. The molecular formula is C14H11ClN2. The summed E-state index contributed by atoms with van der Waals surface area (Å²) in [5.74, 6) is 0. The zero-order chi connectivity index (χ0) is 11.8. The molecule has 0 saturated heterocycles. The Morgan fingerprint density at radius 2 is 1.88 bits per heavy atom. The molecule has 0 aliphatic heterocycles. The molecule has 0 bridgehead atoms. The Morgan fingerprint density at radius 3 is 2.65 bits per heavy atom. The van der Waals surface area contributed by atoms with Gasteiger partial charge in [-0.3, -0.25) is 0 Å². The van der Waals surface area contributed by atoms with E-state index in [1.54, 1.807) is 0 Å². The molecule has 0 atom stereocenters. The maximum atomic E-state index is 5.88. The van der Waals surface area contributed by atoms with E-state index in [2.05, 4.69) is 23.0 Å². The van der Waals surface area contributed by atoms with Gasteiger partial charge in [-0.2, -0.15) is 0 Å². The third-order valence-electron chi connectivity index (χ3n) is 2.92. The average Bonchev–Trinajstić information content (AvgIpc) is 2.72. The minimum atomic E-state index is 0.751. The van der Waals surface area contributed by atoms with E-state index in [0.29, 0.717) is 0 Å². The van der Waals surface area contributed by atoms with E-state index in [9.17, 15) is 0 Å². The van der Waals surface area contributed by atoms with Crippen molar-refractivity contribution in [2.45, 2.75) is 6.92 Å². The van der Waals surface area contributed by atoms with Gasteiger partial charge in [0.2, 0.25) is 0 Å². The Bertz CT molecular complexity index is 668. The molecule has 3 heteroatoms. The summed E-state index contributed by atoms with van der Waals surface area (Å²) in [6.45, 7) is 2.08. The summed E-state index contributed by atoms with van der Waals surface area (Å²) in [7, 11) is 0. The van der Waals surface area contributed by atoms with Crippen molar-refractivity contribution in [1.29, 1.82) is 0 Å². The summed E-state index contributed by atoms with van der Waals surface area (Å²) in [5.41, 5.74) is 4.38. The van der Waals surface area contributed by atoms with Crippen LogP contribution in [-0.4, -0.2) is 9.97 Å². The molecule has 17 heavy (non-hydrogen) atoms. The Balaban J connectivity index is 2.17. The molecule has 0 amide bonds. The van der Waals surface area contributed by atoms with Gasteiger partial charge in [0.1, 0.15) is 5.65 Å². The molecule has 0 aliphatic rings. The summed E-state index contributed by atoms with van der Waals surface area (Å²) in [4.78, 5) is 7.56. The monoisotopic (exact) mass is 242 g/mol. The van der Waals surface area contributed by atoms with Crippen LogP contribution in [-0.2, 0) is 0 Å². The number of hydrogen-bond acceptors (Lipinski definition) is 1. The molecule has 2 aromatic heterocycles. The van der Waals surface area contributed by atoms with Crippen molar-refractivity contribution in [2.75, 3.05) is 0 Å². The van der Waals surface area contributed by atoms with Crippen LogP contribution in [0, 0.1) is 6.92 Å². The molecule has 84 valence electrons. The highest BCUT2D eigenvalue weighted by atomic mass is 35.5. The highest BCUT2D eigenvalue weighted by Crippen LogP contribution is 2.25. The van der Waals surface area contributed by atoms with Crippen molar-refractivity contribution in [1.82, 2.24) is 9.97 Å². The van der Waals surface area contributed by atoms with Crippen LogP contribution < -0.4 is 0 Å². The second-order valence-electron chi connectivity index (χ2n) is 4.10. The summed E-state index contributed by atoms with van der Waals surface area (Å²) in [5, 5.41) is 1.91. The van der Waals surface area contributed by atoms with E-state index in [0.717, 1.165) is 27.2 Å². The van der Waals surface area contributed by atoms with E-state index in [-0.39, 0.29) is 0 Å². The van der Waals surface area contributed by atoms with Crippen molar-refractivity contribution >= 4 is 22.6 Å². The van der Waals surface area contributed by atoms with Gasteiger partial charge in [-0.1, -0.05) is 23.7 Å². The topological polar surface area (TPSA) is 28.7 Å². The second-order valence-corrected chi connectivity index (χ2v) is 4.54. The lowest BCUT2D eigenvalue weighted by atomic mass is 10.1. The number of aromatic amines is 1. The van der Waals surface area contributed by atoms with Crippen LogP contribution >= 0.6 is 11.6 Å². The first-order chi connectivity index (χ1) is 8.24. The van der Waals surface area contributed by atoms with Crippen molar-refractivity contribution in [3.8, 4) is 11.1 Å². The van der Waals surface area contributed by atoms with E-state index in [1.165, 1.54) is 5.56 Å². The Kier molecular flexibility index (Phi) is 2.37. The highest BCUT2D eigenvalue weighted by Gasteiger charge is 2.04. The zero-order valence-electron chi connectivity index (χ0n) is 9.37. The SMILES string of the molecule is Cc1c[nH]c2ncc(-c3ccc(Cl)cc3)cc12. The number of benzene rings is 1. The van der Waals surface area contributed by atoms with E-state index in [4.69, 9.17) is 11.6 Å². The van der Waals surface area contributed by atoms with Crippen molar-refractivity contribution in [2.24, 2.45) is 0 Å². The fourth-order valence-electron chi connectivity index (χ4n) is 1.93. The van der Waals surface area contributed by atoms with Crippen LogP contribution in [0.4, 0.5) is 0 Å². The first-order valence-electron chi connectivity index (χ1n) is 5.44. The van der Waals surface area contributed by atoms with Crippen molar-refractivity contribution in [3.05, 3.63) is 53.3 Å². The van der Waals surface area contributed by atoms with Crippen LogP contribution in [0.5, 0.6) is 0 Å². The summed E-state index contributed by atoms with van der Waals surface area (Å²) in [6.07, 6.45) is 3.85. The molecule has 0 unspecified atom stereocenters. The van der Waals surface area contributed by atoms with Crippen LogP contribution in [0.3, 0.4) is 0 Å². The predicted octanol–water partition coefficient (Wildman–Crippen LogP) is 4.19. The molecule has 2 heterocycles. The summed E-state index contributed by atoms with van der Waals surface area (Å²) in [6, 6.07) is 9.95. The number of nitrogens with one attached hydrogen (secondary N) is 1. The molecule has 0 aliphatic carbocycles. The standard InChI is InChI=1S/C14H11ClN2/c1-9-7-16-14-13(9)6-11(8-17-14)10-2-4-12(15)5-3-10/h2-8H,1H3,(H,16,17). The quantitative estimate of drug-likeness (QED) is 0.681. The summed E-state index contributed by atoms with van der Waals surface area (Å²) >= 11 is 5.88. The molecule has 1 N–H and O–H groups in total. The number of halogens is 1. The number of pyridine rings is 1.